The lowest BCUT2D eigenvalue weighted by atomic mass is 10.1. The molecule has 0 saturated carbocycles. The zero-order chi connectivity index (χ0) is 10.3. The predicted octanol–water partition coefficient (Wildman–Crippen LogP) is 2.40. The fourth-order valence-electron chi connectivity index (χ4n) is 1.32. The molecule has 1 heterocycles. The van der Waals surface area contributed by atoms with Gasteiger partial charge in [-0.15, -0.1) is 0 Å². The molecule has 0 unspecified atom stereocenters. The second-order valence-electron chi connectivity index (χ2n) is 2.77. The lowest BCUT2D eigenvalue weighted by Crippen LogP contribution is -1.90. The summed E-state index contributed by atoms with van der Waals surface area (Å²) in [5.74, 6) is -3.45. The van der Waals surface area contributed by atoms with Crippen LogP contribution in [-0.4, -0.2) is 11.3 Å². The number of aldehydes is 1. The van der Waals surface area contributed by atoms with Gasteiger partial charge in [-0.2, -0.15) is 0 Å². The van der Waals surface area contributed by atoms with Crippen LogP contribution >= 0.6 is 0 Å². The van der Waals surface area contributed by atoms with Crippen molar-refractivity contribution in [3.63, 3.8) is 0 Å². The van der Waals surface area contributed by atoms with Crippen LogP contribution in [0.4, 0.5) is 13.2 Å². The van der Waals surface area contributed by atoms with Crippen LogP contribution in [0, 0.1) is 17.5 Å². The van der Waals surface area contributed by atoms with Crippen LogP contribution in [-0.2, 0) is 0 Å². The van der Waals surface area contributed by atoms with Crippen LogP contribution in [0.25, 0.3) is 10.9 Å². The second-order valence-corrected chi connectivity index (χ2v) is 2.77. The van der Waals surface area contributed by atoms with Crippen molar-refractivity contribution in [2.45, 2.75) is 0 Å². The Morgan fingerprint density at radius 3 is 2.57 bits per heavy atom. The van der Waals surface area contributed by atoms with Crippen molar-refractivity contribution in [1.29, 1.82) is 0 Å². The zero-order valence-electron chi connectivity index (χ0n) is 6.77. The molecule has 0 aliphatic heterocycles. The average molecular weight is 199 g/mol. The number of carbonyl (C=O) groups excluding carboxylic acids is 1. The first kappa shape index (κ1) is 8.80. The normalized spacial score (nSPS) is 10.8. The van der Waals surface area contributed by atoms with E-state index in [4.69, 9.17) is 0 Å². The Morgan fingerprint density at radius 1 is 1.21 bits per heavy atom. The third-order valence-corrected chi connectivity index (χ3v) is 1.96. The van der Waals surface area contributed by atoms with Crippen molar-refractivity contribution in [3.05, 3.63) is 35.3 Å². The highest BCUT2D eigenvalue weighted by Crippen LogP contribution is 2.25. The van der Waals surface area contributed by atoms with E-state index < -0.39 is 17.5 Å². The lowest BCUT2D eigenvalue weighted by Gasteiger charge is -1.97. The number of fused-ring (bicyclic) bond motifs is 1. The summed E-state index contributed by atoms with van der Waals surface area (Å²) in [7, 11) is 0. The Morgan fingerprint density at radius 2 is 1.93 bits per heavy atom. The van der Waals surface area contributed by atoms with Crippen molar-refractivity contribution < 1.29 is 18.0 Å². The number of carbonyl (C=O) groups is 1. The van der Waals surface area contributed by atoms with Gasteiger partial charge in [0.25, 0.3) is 0 Å². The fourth-order valence-corrected chi connectivity index (χ4v) is 1.32. The SMILES string of the molecule is O=Cc1c[nH]c2c(F)cc(F)c(F)c12. The quantitative estimate of drug-likeness (QED) is 0.555. The molecular formula is C9H4F3NO. The molecule has 0 fully saturated rings. The summed E-state index contributed by atoms with van der Waals surface area (Å²) < 4.78 is 38.9. The minimum absolute atomic E-state index is 0.101. The number of H-pyrrole nitrogens is 1. The van der Waals surface area contributed by atoms with Crippen LogP contribution in [0.15, 0.2) is 12.3 Å². The van der Waals surface area contributed by atoms with Crippen molar-refractivity contribution >= 4 is 17.2 Å². The number of aromatic nitrogens is 1. The lowest BCUT2D eigenvalue weighted by molar-refractivity contribution is 0.112. The number of nitrogens with one attached hydrogen (secondary N) is 1. The maximum Gasteiger partial charge on any atom is 0.169 e. The molecule has 1 aromatic heterocycles. The van der Waals surface area contributed by atoms with Crippen LogP contribution in [0.3, 0.4) is 0 Å². The molecular weight excluding hydrogens is 195 g/mol. The number of halogens is 3. The van der Waals surface area contributed by atoms with Crippen LogP contribution in [0.5, 0.6) is 0 Å². The summed E-state index contributed by atoms with van der Waals surface area (Å²) in [6.07, 6.45) is 1.46. The average Bonchev–Trinajstić information content (AvgIpc) is 2.58. The molecule has 0 spiro atoms. The van der Waals surface area contributed by atoms with Crippen molar-refractivity contribution in [2.75, 3.05) is 0 Å². The van der Waals surface area contributed by atoms with Crippen LogP contribution in [0.2, 0.25) is 0 Å². The highest BCUT2D eigenvalue weighted by atomic mass is 19.2. The summed E-state index contributed by atoms with van der Waals surface area (Å²) in [4.78, 5) is 12.8. The van der Waals surface area contributed by atoms with E-state index in [-0.39, 0.29) is 16.5 Å². The topological polar surface area (TPSA) is 32.9 Å². The van der Waals surface area contributed by atoms with E-state index in [9.17, 15) is 18.0 Å². The molecule has 0 saturated heterocycles. The fraction of sp³-hybridized carbons (Fsp3) is 0. The molecule has 0 atom stereocenters. The van der Waals surface area contributed by atoms with Gasteiger partial charge in [-0.05, 0) is 0 Å². The van der Waals surface area contributed by atoms with Gasteiger partial charge in [-0.1, -0.05) is 0 Å². The largest absolute Gasteiger partial charge is 0.358 e. The first-order chi connectivity index (χ1) is 6.65. The standard InChI is InChI=1S/C9H4F3NO/c10-5-1-6(11)9-7(8(5)12)4(3-14)2-13-9/h1-3,13H. The van der Waals surface area contributed by atoms with Gasteiger partial charge in [0.05, 0.1) is 10.9 Å². The van der Waals surface area contributed by atoms with Crippen molar-refractivity contribution in [2.24, 2.45) is 0 Å². The van der Waals surface area contributed by atoms with Gasteiger partial charge in [0.15, 0.2) is 17.9 Å². The van der Waals surface area contributed by atoms with Crippen LogP contribution < -0.4 is 0 Å². The number of aromatic amines is 1. The zero-order valence-corrected chi connectivity index (χ0v) is 6.77. The molecule has 2 aromatic rings. The molecule has 1 N–H and O–H groups in total. The van der Waals surface area contributed by atoms with Gasteiger partial charge in [0, 0.05) is 17.8 Å². The van der Waals surface area contributed by atoms with Crippen molar-refractivity contribution in [1.82, 2.24) is 4.98 Å². The molecule has 0 bridgehead atoms. The van der Waals surface area contributed by atoms with Gasteiger partial charge < -0.3 is 4.98 Å². The Kier molecular flexibility index (Phi) is 1.80. The first-order valence-electron chi connectivity index (χ1n) is 3.75. The number of rotatable bonds is 1. The number of hydrogen-bond donors (Lipinski definition) is 1. The van der Waals surface area contributed by atoms with E-state index in [0.717, 1.165) is 6.20 Å². The summed E-state index contributed by atoms with van der Waals surface area (Å²) in [5.41, 5.74) is -0.304. The van der Waals surface area contributed by atoms with E-state index in [2.05, 4.69) is 4.98 Å². The second kappa shape index (κ2) is 2.87. The Hall–Kier alpha value is -1.78. The first-order valence-corrected chi connectivity index (χ1v) is 3.75. The summed E-state index contributed by atoms with van der Waals surface area (Å²) in [5, 5.41) is -0.350. The maximum absolute atomic E-state index is 13.1. The highest BCUT2D eigenvalue weighted by molar-refractivity contribution is 5.97. The molecule has 2 nitrogen and oxygen atoms in total. The third-order valence-electron chi connectivity index (χ3n) is 1.96. The maximum atomic E-state index is 13.1. The van der Waals surface area contributed by atoms with Gasteiger partial charge in [0.1, 0.15) is 5.82 Å². The van der Waals surface area contributed by atoms with Gasteiger partial charge >= 0.3 is 0 Å². The number of benzene rings is 1. The van der Waals surface area contributed by atoms with Gasteiger partial charge in [-0.25, -0.2) is 13.2 Å². The van der Waals surface area contributed by atoms with E-state index >= 15 is 0 Å². The Balaban J connectivity index is 2.98. The minimum Gasteiger partial charge on any atom is -0.358 e. The third kappa shape index (κ3) is 1.02. The molecule has 2 rings (SSSR count). The molecule has 0 radical (unpaired) electrons. The van der Waals surface area contributed by atoms with E-state index in [1.165, 1.54) is 0 Å². The summed E-state index contributed by atoms with van der Waals surface area (Å²) in [6.45, 7) is 0. The van der Waals surface area contributed by atoms with E-state index in [0.29, 0.717) is 12.4 Å². The predicted molar refractivity (Wildman–Crippen MR) is 43.6 cm³/mol. The summed E-state index contributed by atoms with van der Waals surface area (Å²) in [6, 6.07) is 0.433. The highest BCUT2D eigenvalue weighted by Gasteiger charge is 2.16. The monoisotopic (exact) mass is 199 g/mol. The smallest absolute Gasteiger partial charge is 0.169 e. The molecule has 14 heavy (non-hydrogen) atoms. The van der Waals surface area contributed by atoms with Gasteiger partial charge in [-0.3, -0.25) is 4.79 Å². The van der Waals surface area contributed by atoms with Gasteiger partial charge in [0.2, 0.25) is 0 Å². The molecule has 72 valence electrons. The molecule has 0 amide bonds. The number of hydrogen-bond acceptors (Lipinski definition) is 1. The van der Waals surface area contributed by atoms with E-state index in [1.807, 2.05) is 0 Å². The van der Waals surface area contributed by atoms with Crippen molar-refractivity contribution in [3.8, 4) is 0 Å². The van der Waals surface area contributed by atoms with Crippen LogP contribution in [0.1, 0.15) is 10.4 Å². The molecule has 0 aliphatic rings. The van der Waals surface area contributed by atoms with E-state index in [1.54, 1.807) is 0 Å². The molecule has 5 heteroatoms. The Labute approximate surface area is 76.3 Å². The molecule has 0 aliphatic carbocycles. The minimum atomic E-state index is -1.31. The molecule has 1 aromatic carbocycles. The Bertz CT molecular complexity index is 518. The summed E-state index contributed by atoms with van der Waals surface area (Å²) >= 11 is 0.